The lowest BCUT2D eigenvalue weighted by atomic mass is 10.3. The maximum Gasteiger partial charge on any atom is 0.674 e. The maximum atomic E-state index is 10.1. The summed E-state index contributed by atoms with van der Waals surface area (Å²) < 4.78 is 40.4. The highest BCUT2D eigenvalue weighted by atomic mass is 31.0. The van der Waals surface area contributed by atoms with Gasteiger partial charge >= 0.3 is 29.6 Å². The van der Waals surface area contributed by atoms with Gasteiger partial charge in [0.1, 0.15) is 0 Å². The summed E-state index contributed by atoms with van der Waals surface area (Å²) in [5.41, 5.74) is 0. The molecule has 0 rings (SSSR count). The van der Waals surface area contributed by atoms with Gasteiger partial charge in [0.2, 0.25) is 0 Å². The summed E-state index contributed by atoms with van der Waals surface area (Å²) in [5.74, 6) is 0. The van der Waals surface area contributed by atoms with Crippen molar-refractivity contribution in [2.75, 3.05) is 49.3 Å². The Bertz CT molecular complexity index is 342. The van der Waals surface area contributed by atoms with Crippen LogP contribution in [-0.2, 0) is 0 Å². The van der Waals surface area contributed by atoms with Crippen LogP contribution < -0.4 is 0 Å². The van der Waals surface area contributed by atoms with Gasteiger partial charge in [-0.1, -0.05) is 158 Å². The predicted octanol–water partition coefficient (Wildman–Crippen LogP) is 8.99. The first-order valence-electron chi connectivity index (χ1n) is 19.9. The molecule has 0 aliphatic rings. The first kappa shape index (κ1) is 89.9. The van der Waals surface area contributed by atoms with E-state index in [0.717, 1.165) is 0 Å². The summed E-state index contributed by atoms with van der Waals surface area (Å²) in [6, 6.07) is 0. The molecule has 352 valence electrons. The minimum atomic E-state index is -2.67. The topological polar surface area (TPSA) is 162 Å². The van der Waals surface area contributed by atoms with Crippen LogP contribution in [0.25, 0.3) is 0 Å². The zero-order valence-electron chi connectivity index (χ0n) is 37.0. The molecule has 24 heteroatoms. The van der Waals surface area contributed by atoms with Crippen molar-refractivity contribution in [3.8, 4) is 0 Å². The molecule has 0 heterocycles. The van der Waals surface area contributed by atoms with Crippen molar-refractivity contribution in [3.63, 3.8) is 0 Å². The number of hydrogen-bond donors (Lipinski definition) is 8. The summed E-state index contributed by atoms with van der Waals surface area (Å²) in [7, 11) is 10.9. The molecule has 56 heavy (non-hydrogen) atoms. The van der Waals surface area contributed by atoms with E-state index in [0.29, 0.717) is 0 Å². The smallest absolute Gasteiger partial charge is 0.398 e. The molecule has 0 amide bonds. The SMILES string of the molecule is CCCCP.CCCCP.CCCCP.CCCCP.CCCCP.CCCCP.CCCCP.CCCCP.OB(O)F.OB(O)F.OB(O)F.OB(O)F. The van der Waals surface area contributed by atoms with Gasteiger partial charge in [-0.2, -0.15) is 0 Å². The minimum absolute atomic E-state index is 1.26. The molecule has 0 aliphatic carbocycles. The fraction of sp³-hybridized carbons (Fsp3) is 1.00. The quantitative estimate of drug-likeness (QED) is 0.0432. The van der Waals surface area contributed by atoms with Crippen LogP contribution in [0.2, 0.25) is 0 Å². The third kappa shape index (κ3) is 493. The number of halogens is 4. The molecular weight excluding hydrogens is 879 g/mol. The van der Waals surface area contributed by atoms with E-state index in [9.17, 15) is 17.3 Å². The Labute approximate surface area is 367 Å². The molecule has 8 N–H and O–H groups in total. The second-order valence-corrected chi connectivity index (χ2v) is 15.0. The number of unbranched alkanes of at least 4 members (excludes halogenated alkanes) is 8. The monoisotopic (exact) mass is 977 g/mol. The molecule has 8 unspecified atom stereocenters. The van der Waals surface area contributed by atoms with Gasteiger partial charge in [0.15, 0.2) is 0 Å². The minimum Gasteiger partial charge on any atom is -0.398 e. The Morgan fingerprint density at radius 2 is 0.304 bits per heavy atom. The van der Waals surface area contributed by atoms with Gasteiger partial charge in [-0.05, 0) is 49.3 Å². The molecule has 0 aromatic rings. The second-order valence-electron chi connectivity index (χ2n) is 10.4. The lowest BCUT2D eigenvalue weighted by molar-refractivity contribution is 0.338. The van der Waals surface area contributed by atoms with Gasteiger partial charge in [0.25, 0.3) is 0 Å². The molecule has 0 saturated carbocycles. The largest absolute Gasteiger partial charge is 0.674 e. The third-order valence-electron chi connectivity index (χ3n) is 4.46. The highest BCUT2D eigenvalue weighted by Gasteiger charge is 1.98. The van der Waals surface area contributed by atoms with E-state index in [1.807, 2.05) is 0 Å². The van der Waals surface area contributed by atoms with Gasteiger partial charge in [-0.25, -0.2) is 0 Å². The molecule has 0 aromatic carbocycles. The lowest BCUT2D eigenvalue weighted by Gasteiger charge is -1.79. The molecule has 0 spiro atoms. The zero-order chi connectivity index (χ0) is 47.3. The van der Waals surface area contributed by atoms with E-state index >= 15 is 0 Å². The Morgan fingerprint density at radius 1 is 0.250 bits per heavy atom. The molecule has 0 aromatic heterocycles. The van der Waals surface area contributed by atoms with Crippen LogP contribution in [0.4, 0.5) is 17.3 Å². The number of hydrogen-bond acceptors (Lipinski definition) is 8. The van der Waals surface area contributed by atoms with E-state index in [2.05, 4.69) is 129 Å². The Balaban J connectivity index is -0.0000000378. The number of rotatable bonds is 16. The highest BCUT2D eigenvalue weighted by molar-refractivity contribution is 7.17. The summed E-state index contributed by atoms with van der Waals surface area (Å²) >= 11 is 0. The third-order valence-corrected chi connectivity index (χ3v) is 7.73. The van der Waals surface area contributed by atoms with Crippen molar-refractivity contribution < 1.29 is 57.5 Å². The summed E-state index contributed by atoms with van der Waals surface area (Å²) in [5, 5.41) is 55.6. The van der Waals surface area contributed by atoms with Crippen molar-refractivity contribution in [1.29, 1.82) is 0 Å². The molecule has 0 bridgehead atoms. The highest BCUT2D eigenvalue weighted by Crippen LogP contribution is 1.93. The molecule has 0 radical (unpaired) electrons. The van der Waals surface area contributed by atoms with Crippen LogP contribution in [0.1, 0.15) is 158 Å². The summed E-state index contributed by atoms with van der Waals surface area (Å²) in [6.07, 6.45) is 31.5. The summed E-state index contributed by atoms with van der Waals surface area (Å²) in [4.78, 5) is 0. The Kier molecular flexibility index (Phi) is 199. The van der Waals surface area contributed by atoms with Crippen LogP contribution in [0.5, 0.6) is 0 Å². The Hall–Kier alpha value is 3.10. The average molecular weight is 976 g/mol. The van der Waals surface area contributed by atoms with E-state index in [1.54, 1.807) is 0 Å². The predicted molar refractivity (Wildman–Crippen MR) is 281 cm³/mol. The lowest BCUT2D eigenvalue weighted by Crippen LogP contribution is -1.98. The fourth-order valence-corrected chi connectivity index (χ4v) is 4.90. The van der Waals surface area contributed by atoms with Gasteiger partial charge in [0.05, 0.1) is 0 Å². The van der Waals surface area contributed by atoms with Crippen molar-refractivity contribution >= 4 is 104 Å². The second kappa shape index (κ2) is 124. The van der Waals surface area contributed by atoms with Crippen LogP contribution in [0.15, 0.2) is 0 Å². The van der Waals surface area contributed by atoms with E-state index in [1.165, 1.54) is 152 Å². The normalized spacial score (nSPS) is 7.93. The summed E-state index contributed by atoms with van der Waals surface area (Å²) in [6.45, 7) is 17.6. The van der Waals surface area contributed by atoms with Crippen LogP contribution >= 0.6 is 73.9 Å². The van der Waals surface area contributed by atoms with Crippen molar-refractivity contribution in [2.45, 2.75) is 158 Å². The van der Waals surface area contributed by atoms with Gasteiger partial charge < -0.3 is 40.2 Å². The van der Waals surface area contributed by atoms with Gasteiger partial charge in [-0.3, -0.25) is 17.3 Å². The van der Waals surface area contributed by atoms with E-state index in [4.69, 9.17) is 40.2 Å². The standard InChI is InChI=1S/8C4H11P.4BFH2O2/c8*1-2-3-4-5;4*2-1(3)4/h8*2-5H2,1H3;4*3-4H. The molecule has 8 nitrogen and oxygen atoms in total. The van der Waals surface area contributed by atoms with E-state index in [-0.39, 0.29) is 0 Å². The van der Waals surface area contributed by atoms with E-state index < -0.39 is 29.6 Å². The zero-order valence-corrected chi connectivity index (χ0v) is 46.2. The van der Waals surface area contributed by atoms with Crippen LogP contribution in [-0.4, -0.2) is 119 Å². The van der Waals surface area contributed by atoms with Crippen molar-refractivity contribution in [1.82, 2.24) is 0 Å². The molecule has 8 atom stereocenters. The Morgan fingerprint density at radius 3 is 0.304 bits per heavy atom. The molecule has 0 fully saturated rings. The van der Waals surface area contributed by atoms with Crippen molar-refractivity contribution in [2.24, 2.45) is 0 Å². The first-order chi connectivity index (χ1) is 26.2. The van der Waals surface area contributed by atoms with Crippen LogP contribution in [0.3, 0.4) is 0 Å². The maximum absolute atomic E-state index is 10.1. The van der Waals surface area contributed by atoms with Gasteiger partial charge in [0, 0.05) is 0 Å². The van der Waals surface area contributed by atoms with Gasteiger partial charge in [-0.15, -0.1) is 73.9 Å². The first-order valence-corrected chi connectivity index (χ1v) is 26.4. The average Bonchev–Trinajstić information content (AvgIpc) is 3.09. The molecule has 0 aliphatic heterocycles. The fourth-order valence-electron chi connectivity index (χ4n) is 1.63. The molecular formula is C32H96B4F4O8P8. The van der Waals surface area contributed by atoms with Crippen LogP contribution in [0, 0.1) is 0 Å². The molecule has 0 saturated heterocycles. The van der Waals surface area contributed by atoms with Crippen molar-refractivity contribution in [3.05, 3.63) is 0 Å².